The SMILES string of the molecule is O=S(=O)(Cc1nccs1)c1ccc2c(c1)OCCN2c1ccc2scnc2c1. The Balaban J connectivity index is 1.50. The van der Waals surface area contributed by atoms with Crippen molar-refractivity contribution in [2.75, 3.05) is 18.1 Å². The molecular weight excluding hydrogens is 414 g/mol. The van der Waals surface area contributed by atoms with Gasteiger partial charge in [0.2, 0.25) is 0 Å². The van der Waals surface area contributed by atoms with Gasteiger partial charge in [-0.25, -0.2) is 18.4 Å². The Morgan fingerprint density at radius 3 is 2.89 bits per heavy atom. The molecule has 2 aromatic carbocycles. The highest BCUT2D eigenvalue weighted by Gasteiger charge is 2.24. The lowest BCUT2D eigenvalue weighted by Crippen LogP contribution is -2.28. The predicted octanol–water partition coefficient (Wildman–Crippen LogP) is 4.26. The number of sulfone groups is 1. The second-order valence-corrected chi connectivity index (χ2v) is 10.2. The van der Waals surface area contributed by atoms with Gasteiger partial charge in [0.25, 0.3) is 0 Å². The van der Waals surface area contributed by atoms with Crippen molar-refractivity contribution in [1.82, 2.24) is 9.97 Å². The minimum atomic E-state index is -3.48. The van der Waals surface area contributed by atoms with Crippen LogP contribution in [0.15, 0.2) is 58.4 Å². The Morgan fingerprint density at radius 1 is 1.11 bits per heavy atom. The molecule has 6 nitrogen and oxygen atoms in total. The lowest BCUT2D eigenvalue weighted by molar-refractivity contribution is 0.313. The van der Waals surface area contributed by atoms with E-state index in [1.54, 1.807) is 35.0 Å². The monoisotopic (exact) mass is 429 g/mol. The fraction of sp³-hybridized carbons (Fsp3) is 0.158. The van der Waals surface area contributed by atoms with Crippen molar-refractivity contribution in [3.8, 4) is 5.75 Å². The van der Waals surface area contributed by atoms with Crippen molar-refractivity contribution in [2.24, 2.45) is 0 Å². The van der Waals surface area contributed by atoms with Crippen LogP contribution in [-0.2, 0) is 15.6 Å². The van der Waals surface area contributed by atoms with Gasteiger partial charge in [-0.3, -0.25) is 0 Å². The zero-order valence-electron chi connectivity index (χ0n) is 14.6. The fourth-order valence-corrected chi connectivity index (χ4v) is 6.17. The summed E-state index contributed by atoms with van der Waals surface area (Å²) in [4.78, 5) is 10.9. The summed E-state index contributed by atoms with van der Waals surface area (Å²) in [6.07, 6.45) is 1.61. The molecule has 0 atom stereocenters. The van der Waals surface area contributed by atoms with Gasteiger partial charge in [0.1, 0.15) is 23.1 Å². The van der Waals surface area contributed by atoms with Crippen LogP contribution in [0.3, 0.4) is 0 Å². The van der Waals surface area contributed by atoms with Crippen LogP contribution in [0.4, 0.5) is 11.4 Å². The number of anilines is 2. The lowest BCUT2D eigenvalue weighted by Gasteiger charge is -2.31. The van der Waals surface area contributed by atoms with Gasteiger partial charge in [-0.15, -0.1) is 22.7 Å². The normalized spacial score (nSPS) is 14.1. The Kier molecular flexibility index (Phi) is 4.30. The van der Waals surface area contributed by atoms with Crippen LogP contribution in [0.25, 0.3) is 10.2 Å². The molecule has 9 heteroatoms. The van der Waals surface area contributed by atoms with E-state index >= 15 is 0 Å². The molecule has 0 bridgehead atoms. The average Bonchev–Trinajstić information content (AvgIpc) is 3.37. The zero-order chi connectivity index (χ0) is 19.1. The van der Waals surface area contributed by atoms with Crippen molar-refractivity contribution in [3.63, 3.8) is 0 Å². The molecule has 2 aromatic heterocycles. The summed E-state index contributed by atoms with van der Waals surface area (Å²) in [6, 6.07) is 11.2. The summed E-state index contributed by atoms with van der Waals surface area (Å²) >= 11 is 2.95. The molecule has 0 fully saturated rings. The van der Waals surface area contributed by atoms with Gasteiger partial charge < -0.3 is 9.64 Å². The molecule has 0 radical (unpaired) electrons. The highest BCUT2D eigenvalue weighted by molar-refractivity contribution is 7.90. The van der Waals surface area contributed by atoms with Crippen molar-refractivity contribution >= 4 is 54.1 Å². The lowest BCUT2D eigenvalue weighted by atomic mass is 10.2. The van der Waals surface area contributed by atoms with Crippen LogP contribution in [0, 0.1) is 0 Å². The first-order valence-corrected chi connectivity index (χ1v) is 12.0. The third-order valence-corrected chi connectivity index (χ3v) is 7.97. The third kappa shape index (κ3) is 3.15. The van der Waals surface area contributed by atoms with E-state index in [1.165, 1.54) is 11.3 Å². The summed E-state index contributed by atoms with van der Waals surface area (Å²) in [5.41, 5.74) is 4.66. The van der Waals surface area contributed by atoms with Gasteiger partial charge in [-0.1, -0.05) is 0 Å². The van der Waals surface area contributed by atoms with Crippen LogP contribution in [-0.4, -0.2) is 31.5 Å². The summed E-state index contributed by atoms with van der Waals surface area (Å²) in [5.74, 6) is 0.470. The topological polar surface area (TPSA) is 72.4 Å². The third-order valence-electron chi connectivity index (χ3n) is 4.58. The minimum Gasteiger partial charge on any atom is -0.489 e. The maximum Gasteiger partial charge on any atom is 0.185 e. The largest absolute Gasteiger partial charge is 0.489 e. The van der Waals surface area contributed by atoms with Crippen LogP contribution in [0.1, 0.15) is 5.01 Å². The van der Waals surface area contributed by atoms with Crippen molar-refractivity contribution in [2.45, 2.75) is 10.6 Å². The van der Waals surface area contributed by atoms with E-state index in [2.05, 4.69) is 27.0 Å². The predicted molar refractivity (Wildman–Crippen MR) is 112 cm³/mol. The summed E-state index contributed by atoms with van der Waals surface area (Å²) in [5, 5.41) is 2.36. The molecule has 28 heavy (non-hydrogen) atoms. The van der Waals surface area contributed by atoms with Crippen molar-refractivity contribution in [3.05, 3.63) is 58.5 Å². The number of hydrogen-bond donors (Lipinski definition) is 0. The highest BCUT2D eigenvalue weighted by atomic mass is 32.2. The van der Waals surface area contributed by atoms with E-state index in [4.69, 9.17) is 4.74 Å². The molecule has 0 aliphatic carbocycles. The number of benzene rings is 2. The van der Waals surface area contributed by atoms with Crippen LogP contribution < -0.4 is 9.64 Å². The molecule has 1 aliphatic heterocycles. The van der Waals surface area contributed by atoms with E-state index in [9.17, 15) is 8.42 Å². The molecular formula is C19H15N3O3S3. The highest BCUT2D eigenvalue weighted by Crippen LogP contribution is 2.39. The number of hydrogen-bond acceptors (Lipinski definition) is 8. The van der Waals surface area contributed by atoms with Crippen molar-refractivity contribution in [1.29, 1.82) is 0 Å². The zero-order valence-corrected chi connectivity index (χ0v) is 17.1. The molecule has 0 amide bonds. The van der Waals surface area contributed by atoms with Gasteiger partial charge in [-0.05, 0) is 30.3 Å². The Labute approximate surface area is 170 Å². The molecule has 3 heterocycles. The van der Waals surface area contributed by atoms with Crippen LogP contribution >= 0.6 is 22.7 Å². The van der Waals surface area contributed by atoms with E-state index < -0.39 is 9.84 Å². The second-order valence-electron chi connectivity index (χ2n) is 6.32. The Bertz CT molecular complexity index is 1250. The standard InChI is InChI=1S/C19H15N3O3S3/c23-28(24,11-19-20-5-8-26-19)14-2-3-16-17(10-14)25-7-6-22(16)13-1-4-18-15(9-13)21-12-27-18/h1-5,8-10,12H,6-7,11H2. The number of nitrogens with zero attached hydrogens (tertiary/aromatic N) is 3. The number of rotatable bonds is 4. The van der Waals surface area contributed by atoms with E-state index in [-0.39, 0.29) is 10.6 Å². The Hall–Kier alpha value is -2.49. The van der Waals surface area contributed by atoms with Gasteiger partial charge >= 0.3 is 0 Å². The molecule has 0 spiro atoms. The molecule has 5 rings (SSSR count). The number of aromatic nitrogens is 2. The number of ether oxygens (including phenoxy) is 1. The first kappa shape index (κ1) is 17.6. The molecule has 4 aromatic rings. The smallest absolute Gasteiger partial charge is 0.185 e. The summed E-state index contributed by atoms with van der Waals surface area (Å²) in [6.45, 7) is 1.17. The molecule has 1 aliphatic rings. The Morgan fingerprint density at radius 2 is 2.04 bits per heavy atom. The molecule has 0 N–H and O–H groups in total. The summed E-state index contributed by atoms with van der Waals surface area (Å²) < 4.78 is 32.4. The minimum absolute atomic E-state index is 0.104. The van der Waals surface area contributed by atoms with E-state index in [1.807, 2.05) is 17.6 Å². The van der Waals surface area contributed by atoms with Gasteiger partial charge in [0.05, 0.1) is 32.9 Å². The van der Waals surface area contributed by atoms with Crippen LogP contribution in [0.2, 0.25) is 0 Å². The maximum atomic E-state index is 12.7. The van der Waals surface area contributed by atoms with Gasteiger partial charge in [0, 0.05) is 23.3 Å². The molecule has 0 saturated heterocycles. The average molecular weight is 430 g/mol. The fourth-order valence-electron chi connectivity index (χ4n) is 3.25. The molecule has 0 unspecified atom stereocenters. The number of fused-ring (bicyclic) bond motifs is 2. The summed E-state index contributed by atoms with van der Waals surface area (Å²) in [7, 11) is -3.48. The van der Waals surface area contributed by atoms with Crippen molar-refractivity contribution < 1.29 is 13.2 Å². The van der Waals surface area contributed by atoms with E-state index in [0.717, 1.165) is 21.6 Å². The molecule has 142 valence electrons. The van der Waals surface area contributed by atoms with Gasteiger partial charge in [0.15, 0.2) is 9.84 Å². The first-order valence-electron chi connectivity index (χ1n) is 8.59. The first-order chi connectivity index (χ1) is 13.6. The van der Waals surface area contributed by atoms with E-state index in [0.29, 0.717) is 23.9 Å². The maximum absolute atomic E-state index is 12.7. The molecule has 0 saturated carbocycles. The van der Waals surface area contributed by atoms with Gasteiger partial charge in [-0.2, -0.15) is 0 Å². The van der Waals surface area contributed by atoms with Crippen LogP contribution in [0.5, 0.6) is 5.75 Å². The number of thiazole rings is 2. The quantitative estimate of drug-likeness (QED) is 0.483. The second kappa shape index (κ2) is 6.84.